The Hall–Kier alpha value is -2.09. The number of aliphatic carboxylic acids is 1. The number of rotatable bonds is 9. The van der Waals surface area contributed by atoms with Gasteiger partial charge in [0, 0.05) is 5.75 Å². The molecule has 2 unspecified atom stereocenters. The van der Waals surface area contributed by atoms with Crippen molar-refractivity contribution in [3.63, 3.8) is 0 Å². The van der Waals surface area contributed by atoms with Crippen LogP contribution < -0.4 is 19.5 Å². The number of hydrogen-bond acceptors (Lipinski definition) is 6. The van der Waals surface area contributed by atoms with Crippen molar-refractivity contribution >= 4 is 29.3 Å². The van der Waals surface area contributed by atoms with Crippen LogP contribution in [0.15, 0.2) is 42.5 Å². The third-order valence-electron chi connectivity index (χ3n) is 4.06. The van der Waals surface area contributed by atoms with Crippen molar-refractivity contribution in [3.05, 3.63) is 53.1 Å². The van der Waals surface area contributed by atoms with Gasteiger partial charge in [0.05, 0.1) is 17.0 Å². The van der Waals surface area contributed by atoms with E-state index < -0.39 is 12.0 Å². The number of carboxylic acid groups (broad SMARTS) is 1. The Morgan fingerprint density at radius 3 is 2.64 bits per heavy atom. The zero-order valence-corrected chi connectivity index (χ0v) is 17.0. The largest absolute Gasteiger partial charge is 0.490 e. The molecule has 6 nitrogen and oxygen atoms in total. The van der Waals surface area contributed by atoms with Gasteiger partial charge in [-0.1, -0.05) is 29.8 Å². The molecule has 1 aliphatic rings. The van der Waals surface area contributed by atoms with Gasteiger partial charge in [0.1, 0.15) is 25.0 Å². The van der Waals surface area contributed by atoms with E-state index in [9.17, 15) is 4.79 Å². The van der Waals surface area contributed by atoms with E-state index in [1.54, 1.807) is 6.07 Å². The van der Waals surface area contributed by atoms with Crippen LogP contribution in [0.25, 0.3) is 0 Å². The van der Waals surface area contributed by atoms with Gasteiger partial charge in [0.15, 0.2) is 11.5 Å². The molecular formula is C20H22ClNO5S. The molecule has 2 aromatic carbocycles. The highest BCUT2D eigenvalue weighted by molar-refractivity contribution is 7.99. The second kappa shape index (κ2) is 9.91. The van der Waals surface area contributed by atoms with Crippen LogP contribution in [0, 0.1) is 0 Å². The third kappa shape index (κ3) is 5.25. The van der Waals surface area contributed by atoms with Gasteiger partial charge in [0.25, 0.3) is 0 Å². The molecule has 0 spiro atoms. The summed E-state index contributed by atoms with van der Waals surface area (Å²) in [5.74, 6) is 1.41. The maximum atomic E-state index is 11.2. The molecule has 0 aromatic heterocycles. The van der Waals surface area contributed by atoms with Crippen LogP contribution in [-0.4, -0.2) is 42.7 Å². The average molecular weight is 424 g/mol. The van der Waals surface area contributed by atoms with Crippen LogP contribution >= 0.6 is 23.4 Å². The highest BCUT2D eigenvalue weighted by Crippen LogP contribution is 2.42. The minimum atomic E-state index is -0.857. The minimum Gasteiger partial charge on any atom is -0.490 e. The number of benzene rings is 2. The predicted molar refractivity (Wildman–Crippen MR) is 110 cm³/mol. The molecule has 1 aliphatic heterocycles. The van der Waals surface area contributed by atoms with E-state index in [1.807, 2.05) is 43.3 Å². The zero-order chi connectivity index (χ0) is 19.9. The first-order valence-corrected chi connectivity index (χ1v) is 10.4. The fraction of sp³-hybridized carbons (Fsp3) is 0.350. The molecule has 0 radical (unpaired) electrons. The number of nitrogens with one attached hydrogen (secondary N) is 1. The van der Waals surface area contributed by atoms with E-state index in [4.69, 9.17) is 30.9 Å². The summed E-state index contributed by atoms with van der Waals surface area (Å²) in [5, 5.41) is 12.5. The second-order valence-corrected chi connectivity index (χ2v) is 7.59. The molecule has 1 heterocycles. The highest BCUT2D eigenvalue weighted by Gasteiger charge is 2.31. The number of carbonyl (C=O) groups is 1. The SMILES string of the molecule is CCOc1cc(C2NC(C(=O)O)CS2)cc(Cl)c1OCCOc1ccccc1. The predicted octanol–water partition coefficient (Wildman–Crippen LogP) is 3.98. The minimum absolute atomic E-state index is 0.159. The number of para-hydroxylation sites is 1. The maximum absolute atomic E-state index is 11.2. The lowest BCUT2D eigenvalue weighted by Crippen LogP contribution is -2.33. The van der Waals surface area contributed by atoms with Crippen molar-refractivity contribution in [3.8, 4) is 17.2 Å². The van der Waals surface area contributed by atoms with E-state index in [1.165, 1.54) is 11.8 Å². The summed E-state index contributed by atoms with van der Waals surface area (Å²) < 4.78 is 17.1. The fourth-order valence-corrected chi connectivity index (χ4v) is 4.26. The fourth-order valence-electron chi connectivity index (χ4n) is 2.77. The molecule has 3 rings (SSSR count). The van der Waals surface area contributed by atoms with Gasteiger partial charge in [-0.25, -0.2) is 0 Å². The Bertz CT molecular complexity index is 805. The Morgan fingerprint density at radius 1 is 1.21 bits per heavy atom. The summed E-state index contributed by atoms with van der Waals surface area (Å²) in [6, 6.07) is 12.6. The monoisotopic (exact) mass is 423 g/mol. The van der Waals surface area contributed by atoms with Crippen LogP contribution in [-0.2, 0) is 4.79 Å². The first-order valence-electron chi connectivity index (χ1n) is 8.95. The van der Waals surface area contributed by atoms with E-state index in [0.29, 0.717) is 42.1 Å². The van der Waals surface area contributed by atoms with Crippen molar-refractivity contribution < 1.29 is 24.1 Å². The van der Waals surface area contributed by atoms with Gasteiger partial charge in [-0.05, 0) is 36.8 Å². The Balaban J connectivity index is 1.66. The van der Waals surface area contributed by atoms with Gasteiger partial charge in [-0.2, -0.15) is 0 Å². The lowest BCUT2D eigenvalue weighted by molar-refractivity contribution is -0.138. The first kappa shape index (κ1) is 20.6. The van der Waals surface area contributed by atoms with Gasteiger partial charge in [-0.15, -0.1) is 11.8 Å². The summed E-state index contributed by atoms with van der Waals surface area (Å²) in [4.78, 5) is 11.2. The quantitative estimate of drug-likeness (QED) is 0.590. The molecule has 1 saturated heterocycles. The summed E-state index contributed by atoms with van der Waals surface area (Å²) in [6.45, 7) is 3.02. The highest BCUT2D eigenvalue weighted by atomic mass is 35.5. The molecule has 1 fully saturated rings. The van der Waals surface area contributed by atoms with Crippen molar-refractivity contribution in [2.45, 2.75) is 18.3 Å². The molecule has 2 N–H and O–H groups in total. The number of halogens is 1. The third-order valence-corrected chi connectivity index (χ3v) is 5.60. The molecule has 28 heavy (non-hydrogen) atoms. The summed E-state index contributed by atoms with van der Waals surface area (Å²) >= 11 is 7.97. The molecule has 150 valence electrons. The molecule has 0 bridgehead atoms. The lowest BCUT2D eigenvalue weighted by atomic mass is 10.2. The first-order chi connectivity index (χ1) is 13.6. The van der Waals surface area contributed by atoms with Crippen LogP contribution in [0.2, 0.25) is 5.02 Å². The van der Waals surface area contributed by atoms with Crippen molar-refractivity contribution in [2.75, 3.05) is 25.6 Å². The molecule has 8 heteroatoms. The van der Waals surface area contributed by atoms with Crippen molar-refractivity contribution in [2.24, 2.45) is 0 Å². The van der Waals surface area contributed by atoms with Crippen LogP contribution in [0.4, 0.5) is 0 Å². The van der Waals surface area contributed by atoms with Crippen LogP contribution in [0.3, 0.4) is 0 Å². The summed E-state index contributed by atoms with van der Waals surface area (Å²) in [5.41, 5.74) is 0.857. The number of carboxylic acids is 1. The Morgan fingerprint density at radius 2 is 1.96 bits per heavy atom. The molecule has 2 aromatic rings. The molecule has 0 aliphatic carbocycles. The van der Waals surface area contributed by atoms with Crippen LogP contribution in [0.5, 0.6) is 17.2 Å². The van der Waals surface area contributed by atoms with Gasteiger partial charge in [0.2, 0.25) is 0 Å². The number of thioether (sulfide) groups is 1. The molecule has 2 atom stereocenters. The summed E-state index contributed by atoms with van der Waals surface area (Å²) in [6.07, 6.45) is 0. The van der Waals surface area contributed by atoms with Crippen molar-refractivity contribution in [1.29, 1.82) is 0 Å². The Labute approximate surface area is 173 Å². The van der Waals surface area contributed by atoms with Crippen molar-refractivity contribution in [1.82, 2.24) is 5.32 Å². The smallest absolute Gasteiger partial charge is 0.321 e. The van der Waals surface area contributed by atoms with Gasteiger partial charge in [-0.3, -0.25) is 10.1 Å². The van der Waals surface area contributed by atoms with Crippen LogP contribution in [0.1, 0.15) is 17.9 Å². The van der Waals surface area contributed by atoms with Gasteiger partial charge >= 0.3 is 5.97 Å². The lowest BCUT2D eigenvalue weighted by Gasteiger charge is -2.18. The number of hydrogen-bond donors (Lipinski definition) is 2. The second-order valence-electron chi connectivity index (χ2n) is 6.04. The Kier molecular flexibility index (Phi) is 7.30. The average Bonchev–Trinajstić information content (AvgIpc) is 3.18. The van der Waals surface area contributed by atoms with Gasteiger partial charge < -0.3 is 19.3 Å². The van der Waals surface area contributed by atoms with E-state index in [-0.39, 0.29) is 5.37 Å². The normalized spacial score (nSPS) is 18.6. The topological polar surface area (TPSA) is 77.0 Å². The molecule has 0 amide bonds. The maximum Gasteiger partial charge on any atom is 0.321 e. The van der Waals surface area contributed by atoms with E-state index in [2.05, 4.69) is 5.32 Å². The number of ether oxygens (including phenoxy) is 3. The molecular weight excluding hydrogens is 402 g/mol. The van der Waals surface area contributed by atoms with E-state index >= 15 is 0 Å². The standard InChI is InChI=1S/C20H22ClNO5S/c1-2-25-17-11-13(19-22-16(12-28-19)20(23)24)10-15(21)18(17)27-9-8-26-14-6-4-3-5-7-14/h3-7,10-11,16,19,22H,2,8-9,12H2,1H3,(H,23,24). The molecule has 0 saturated carbocycles. The van der Waals surface area contributed by atoms with E-state index in [0.717, 1.165) is 11.3 Å². The zero-order valence-electron chi connectivity index (χ0n) is 15.4. The summed E-state index contributed by atoms with van der Waals surface area (Å²) in [7, 11) is 0.